The molecule has 0 saturated heterocycles. The van der Waals surface area contributed by atoms with E-state index in [-0.39, 0.29) is 6.10 Å². The minimum absolute atomic E-state index is 0.145. The molecule has 0 N–H and O–H groups in total. The Hall–Kier alpha value is -1.85. The fourth-order valence-electron chi connectivity index (χ4n) is 3.06. The summed E-state index contributed by atoms with van der Waals surface area (Å²) >= 11 is 5.87. The number of benzene rings is 1. The van der Waals surface area contributed by atoms with Crippen LogP contribution in [0.4, 0.5) is 0 Å². The Labute approximate surface area is 153 Å². The highest BCUT2D eigenvalue weighted by atomic mass is 35.5. The van der Waals surface area contributed by atoms with E-state index in [1.807, 2.05) is 38.1 Å². The summed E-state index contributed by atoms with van der Waals surface area (Å²) in [4.78, 5) is 11.1. The molecule has 6 heteroatoms. The van der Waals surface area contributed by atoms with Crippen molar-refractivity contribution in [3.8, 4) is 11.6 Å². The van der Waals surface area contributed by atoms with E-state index in [0.29, 0.717) is 6.61 Å². The highest BCUT2D eigenvalue weighted by Crippen LogP contribution is 2.28. The van der Waals surface area contributed by atoms with Crippen molar-refractivity contribution in [1.82, 2.24) is 14.9 Å². The van der Waals surface area contributed by atoms with Gasteiger partial charge < -0.3 is 14.4 Å². The molecule has 0 radical (unpaired) electrons. The number of ether oxygens (including phenoxy) is 2. The van der Waals surface area contributed by atoms with Crippen molar-refractivity contribution >= 4 is 11.6 Å². The van der Waals surface area contributed by atoms with Gasteiger partial charge in [0.15, 0.2) is 0 Å². The lowest BCUT2D eigenvalue weighted by Crippen LogP contribution is -2.33. The van der Waals surface area contributed by atoms with Crippen LogP contribution < -0.4 is 9.47 Å². The predicted molar refractivity (Wildman–Crippen MR) is 98.7 cm³/mol. The fourth-order valence-corrected chi connectivity index (χ4v) is 3.19. The van der Waals surface area contributed by atoms with E-state index in [1.54, 1.807) is 0 Å². The van der Waals surface area contributed by atoms with Crippen molar-refractivity contribution < 1.29 is 9.47 Å². The molecule has 1 unspecified atom stereocenters. The van der Waals surface area contributed by atoms with Crippen LogP contribution >= 0.6 is 11.6 Å². The summed E-state index contributed by atoms with van der Waals surface area (Å²) in [6.45, 7) is 6.43. The summed E-state index contributed by atoms with van der Waals surface area (Å²) in [5, 5.41) is 0.722. The average molecular weight is 362 g/mol. The van der Waals surface area contributed by atoms with Gasteiger partial charge in [-0.25, -0.2) is 4.98 Å². The van der Waals surface area contributed by atoms with E-state index in [0.717, 1.165) is 59.7 Å². The van der Waals surface area contributed by atoms with Gasteiger partial charge in [-0.1, -0.05) is 11.6 Å². The first-order valence-electron chi connectivity index (χ1n) is 8.59. The van der Waals surface area contributed by atoms with Crippen molar-refractivity contribution in [2.45, 2.75) is 32.8 Å². The zero-order valence-corrected chi connectivity index (χ0v) is 15.7. The summed E-state index contributed by atoms with van der Waals surface area (Å²) in [6.07, 6.45) is 1.98. The lowest BCUT2D eigenvalue weighted by molar-refractivity contribution is 0.158. The topological polar surface area (TPSA) is 47.5 Å². The molecule has 0 spiro atoms. The smallest absolute Gasteiger partial charge is 0.220 e. The zero-order chi connectivity index (χ0) is 17.8. The summed E-state index contributed by atoms with van der Waals surface area (Å²) in [5.41, 5.74) is 2.18. The van der Waals surface area contributed by atoms with Gasteiger partial charge in [0, 0.05) is 35.8 Å². The van der Waals surface area contributed by atoms with Crippen molar-refractivity contribution in [1.29, 1.82) is 0 Å². The summed E-state index contributed by atoms with van der Waals surface area (Å²) in [6, 6.07) is 7.46. The molecule has 3 rings (SSSR count). The van der Waals surface area contributed by atoms with E-state index < -0.39 is 0 Å². The molecule has 1 aromatic carbocycles. The molecular formula is C19H24ClN3O2. The van der Waals surface area contributed by atoms with Crippen LogP contribution in [0.1, 0.15) is 23.5 Å². The number of halogens is 1. The Morgan fingerprint density at radius 2 is 2.00 bits per heavy atom. The third kappa shape index (κ3) is 4.83. The van der Waals surface area contributed by atoms with E-state index in [9.17, 15) is 0 Å². The molecular weight excluding hydrogens is 338 g/mol. The minimum atomic E-state index is 0.145. The summed E-state index contributed by atoms with van der Waals surface area (Å²) in [7, 11) is 2.11. The molecule has 2 aromatic rings. The molecule has 5 nitrogen and oxygen atoms in total. The molecule has 0 saturated carbocycles. The Morgan fingerprint density at radius 1 is 1.24 bits per heavy atom. The van der Waals surface area contributed by atoms with Gasteiger partial charge in [0.2, 0.25) is 5.88 Å². The molecule has 0 bridgehead atoms. The number of likely N-dealkylation sites (N-methyl/N-ethyl adjacent to an activating group) is 1. The maximum atomic E-state index is 5.99. The number of aromatic nitrogens is 2. The second kappa shape index (κ2) is 8.02. The van der Waals surface area contributed by atoms with E-state index in [2.05, 4.69) is 21.9 Å². The molecule has 1 aliphatic heterocycles. The Bertz CT molecular complexity index is 721. The Balaban J connectivity index is 1.39. The van der Waals surface area contributed by atoms with Crippen LogP contribution in [0, 0.1) is 13.8 Å². The molecule has 1 aromatic heterocycles. The van der Waals surface area contributed by atoms with Crippen LogP contribution in [-0.4, -0.2) is 47.7 Å². The Kier molecular flexibility index (Phi) is 5.76. The first-order chi connectivity index (χ1) is 12.0. The first-order valence-corrected chi connectivity index (χ1v) is 8.97. The van der Waals surface area contributed by atoms with Crippen molar-refractivity contribution in [2.75, 3.05) is 26.7 Å². The van der Waals surface area contributed by atoms with Gasteiger partial charge in [0.25, 0.3) is 0 Å². The standard InChI is InChI=1S/C19H24ClN3O2/c1-13-18-11-17(25-19(18)22-14(2)21-13)12-23(3)9-4-10-24-16-7-5-15(20)6-8-16/h5-8,17H,4,9-12H2,1-3H3. The van der Waals surface area contributed by atoms with Crippen LogP contribution in [0.15, 0.2) is 24.3 Å². The number of rotatable bonds is 7. The van der Waals surface area contributed by atoms with Crippen LogP contribution in [0.25, 0.3) is 0 Å². The van der Waals surface area contributed by atoms with E-state index in [4.69, 9.17) is 21.1 Å². The van der Waals surface area contributed by atoms with Crippen LogP contribution in [-0.2, 0) is 6.42 Å². The van der Waals surface area contributed by atoms with Crippen molar-refractivity contribution in [3.05, 3.63) is 46.4 Å². The summed E-state index contributed by atoms with van der Waals surface area (Å²) < 4.78 is 11.7. The number of hydrogen-bond acceptors (Lipinski definition) is 5. The van der Waals surface area contributed by atoms with E-state index >= 15 is 0 Å². The molecule has 0 aliphatic carbocycles. The van der Waals surface area contributed by atoms with Crippen LogP contribution in [0.3, 0.4) is 0 Å². The maximum Gasteiger partial charge on any atom is 0.220 e. The summed E-state index contributed by atoms with van der Waals surface area (Å²) in [5.74, 6) is 2.38. The molecule has 0 amide bonds. The monoisotopic (exact) mass is 361 g/mol. The van der Waals surface area contributed by atoms with Crippen molar-refractivity contribution in [3.63, 3.8) is 0 Å². The largest absolute Gasteiger partial charge is 0.494 e. The quantitative estimate of drug-likeness (QED) is 0.707. The van der Waals surface area contributed by atoms with Gasteiger partial charge in [-0.3, -0.25) is 0 Å². The number of fused-ring (bicyclic) bond motifs is 1. The highest BCUT2D eigenvalue weighted by molar-refractivity contribution is 6.30. The number of hydrogen-bond donors (Lipinski definition) is 0. The molecule has 25 heavy (non-hydrogen) atoms. The zero-order valence-electron chi connectivity index (χ0n) is 15.0. The third-order valence-electron chi connectivity index (χ3n) is 4.28. The molecule has 0 fully saturated rings. The van der Waals surface area contributed by atoms with Gasteiger partial charge >= 0.3 is 0 Å². The first kappa shape index (κ1) is 18.0. The van der Waals surface area contributed by atoms with Crippen LogP contribution in [0.2, 0.25) is 5.02 Å². The van der Waals surface area contributed by atoms with Crippen LogP contribution in [0.5, 0.6) is 11.6 Å². The second-order valence-electron chi connectivity index (χ2n) is 6.50. The molecule has 2 heterocycles. The molecule has 1 aliphatic rings. The molecule has 1 atom stereocenters. The van der Waals surface area contributed by atoms with Gasteiger partial charge in [-0.05, 0) is 51.6 Å². The normalized spacial score (nSPS) is 16.0. The fraction of sp³-hybridized carbons (Fsp3) is 0.474. The third-order valence-corrected chi connectivity index (χ3v) is 4.53. The van der Waals surface area contributed by atoms with E-state index in [1.165, 1.54) is 0 Å². The SMILES string of the molecule is Cc1nc(C)c2c(n1)OC(CN(C)CCCOc1ccc(Cl)cc1)C2. The number of aryl methyl sites for hydroxylation is 2. The lowest BCUT2D eigenvalue weighted by Gasteiger charge is -2.20. The number of nitrogens with zero attached hydrogens (tertiary/aromatic N) is 3. The average Bonchev–Trinajstić information content (AvgIpc) is 2.96. The molecule has 134 valence electrons. The highest BCUT2D eigenvalue weighted by Gasteiger charge is 2.27. The maximum absolute atomic E-state index is 5.99. The Morgan fingerprint density at radius 3 is 2.76 bits per heavy atom. The van der Waals surface area contributed by atoms with Crippen molar-refractivity contribution in [2.24, 2.45) is 0 Å². The minimum Gasteiger partial charge on any atom is -0.494 e. The lowest BCUT2D eigenvalue weighted by atomic mass is 10.1. The van der Waals surface area contributed by atoms with Gasteiger partial charge in [0.05, 0.1) is 6.61 Å². The second-order valence-corrected chi connectivity index (χ2v) is 6.94. The van der Waals surface area contributed by atoms with Gasteiger partial charge in [0.1, 0.15) is 17.7 Å². The van der Waals surface area contributed by atoms with Gasteiger partial charge in [-0.15, -0.1) is 0 Å². The predicted octanol–water partition coefficient (Wildman–Crippen LogP) is 3.45. The van der Waals surface area contributed by atoms with Gasteiger partial charge in [-0.2, -0.15) is 4.98 Å².